The first kappa shape index (κ1) is 68.2. The Kier molecular flexibility index (Phi) is 1540. The summed E-state index contributed by atoms with van der Waals surface area (Å²) >= 11 is 0. The van der Waals surface area contributed by atoms with Crippen LogP contribution < -0.4 is 0 Å². The van der Waals surface area contributed by atoms with Gasteiger partial charge in [-0.3, -0.25) is 0 Å². The van der Waals surface area contributed by atoms with E-state index in [2.05, 4.69) is 26.3 Å². The number of rotatable bonds is 0. The Balaban J connectivity index is -0.00000000766. The van der Waals surface area contributed by atoms with E-state index in [0.29, 0.717) is 0 Å². The Bertz CT molecular complexity index is 54.0. The predicted molar refractivity (Wildman–Crippen MR) is 102 cm³/mol. The molecule has 0 aromatic rings. The van der Waals surface area contributed by atoms with Crippen molar-refractivity contribution in [3.05, 3.63) is 50.6 Å². The first-order valence-corrected chi connectivity index (χ1v) is 4.94. The van der Waals surface area contributed by atoms with Crippen LogP contribution in [0.4, 0.5) is 0 Å². The summed E-state index contributed by atoms with van der Waals surface area (Å²) in [5.41, 5.74) is 0. The number of hydrogen-bond acceptors (Lipinski definition) is 0. The Hall–Kier alpha value is -1.04. The van der Waals surface area contributed by atoms with Crippen LogP contribution in [-0.2, 0) is 0 Å². The highest BCUT2D eigenvalue weighted by atomic mass is 13.2. The smallest absolute Gasteiger partial charge is 0.0473 e. The second-order valence-electron chi connectivity index (χ2n) is 1.63. The highest BCUT2D eigenvalue weighted by Crippen LogP contribution is 1.39. The molecule has 0 amide bonds. The van der Waals surface area contributed by atoms with Crippen molar-refractivity contribution in [2.45, 2.75) is 71.2 Å². The van der Waals surface area contributed by atoms with E-state index in [-0.39, 0.29) is 29.7 Å². The largest absolute Gasteiger partial charge is 0.103 e. The third kappa shape index (κ3) is 2700. The van der Waals surface area contributed by atoms with Crippen molar-refractivity contribution in [1.29, 1.82) is 0 Å². The summed E-state index contributed by atoms with van der Waals surface area (Å²) in [6.07, 6.45) is 7.00. The van der Waals surface area contributed by atoms with E-state index in [1.165, 1.54) is 0 Å². The fourth-order valence-electron chi connectivity index (χ4n) is 0. The van der Waals surface area contributed by atoms with E-state index in [4.69, 9.17) is 0 Å². The van der Waals surface area contributed by atoms with Crippen molar-refractivity contribution in [3.8, 4) is 0 Å². The molecule has 0 spiro atoms. The average Bonchev–Trinajstić information content (AvgIpc) is 2.12. The maximum atomic E-state index is 3.36. The lowest BCUT2D eigenvalue weighted by Crippen LogP contribution is -1.07. The fraction of sp³-hybridized carbons (Fsp3) is 0.556. The number of allylic oxidation sites excluding steroid dienone is 4. The first-order valence-electron chi connectivity index (χ1n) is 4.94. The monoisotopic (exact) mass is 262 g/mol. The maximum Gasteiger partial charge on any atom is -0.0473 e. The molecule has 118 valence electrons. The molecule has 0 unspecified atom stereocenters. The minimum Gasteiger partial charge on any atom is -0.103 e. The van der Waals surface area contributed by atoms with E-state index in [9.17, 15) is 0 Å². The van der Waals surface area contributed by atoms with Gasteiger partial charge in [-0.15, -0.1) is 26.3 Å². The first-order chi connectivity index (χ1) is 6.66. The van der Waals surface area contributed by atoms with Gasteiger partial charge in [-0.25, -0.2) is 0 Å². The van der Waals surface area contributed by atoms with Gasteiger partial charge in [-0.1, -0.05) is 67.9 Å². The van der Waals surface area contributed by atoms with Gasteiger partial charge in [0.1, 0.15) is 0 Å². The van der Waals surface area contributed by atoms with Crippen molar-refractivity contribution in [2.24, 2.45) is 0 Å². The summed E-state index contributed by atoms with van der Waals surface area (Å²) in [5, 5.41) is 0. The van der Waals surface area contributed by atoms with Gasteiger partial charge in [-0.05, 0) is 27.7 Å². The van der Waals surface area contributed by atoms with Gasteiger partial charge in [0.25, 0.3) is 0 Å². The molecular formula is C18H46. The lowest BCUT2D eigenvalue weighted by Gasteiger charge is -1.31. The molecule has 0 bridgehead atoms. The van der Waals surface area contributed by atoms with Crippen LogP contribution in [0.3, 0.4) is 0 Å². The van der Waals surface area contributed by atoms with Gasteiger partial charge >= 0.3 is 0 Å². The van der Waals surface area contributed by atoms with E-state index < -0.39 is 0 Å². The van der Waals surface area contributed by atoms with Crippen LogP contribution in [0.5, 0.6) is 0 Å². The van der Waals surface area contributed by atoms with Gasteiger partial charge in [0.05, 0.1) is 0 Å². The highest BCUT2D eigenvalue weighted by Gasteiger charge is 1.15. The molecule has 0 N–H and O–H groups in total. The third-order valence-corrected chi connectivity index (χ3v) is 0. The van der Waals surface area contributed by atoms with Gasteiger partial charge in [0.2, 0.25) is 0 Å². The second kappa shape index (κ2) is 408. The maximum absolute atomic E-state index is 3.36. The molecule has 0 fully saturated rings. The highest BCUT2D eigenvalue weighted by molar-refractivity contribution is 4.52. The zero-order chi connectivity index (χ0) is 12.8. The lowest BCUT2D eigenvalue weighted by molar-refractivity contribution is 1.50. The molecule has 18 heavy (non-hydrogen) atoms. The Labute approximate surface area is 122 Å². The molecule has 0 aliphatic carbocycles. The molecule has 0 aliphatic rings. The number of hydrogen-bond donors (Lipinski definition) is 0. The zero-order valence-corrected chi connectivity index (χ0v) is 11.1. The Morgan fingerprint density at radius 1 is 0.444 bits per heavy atom. The molecule has 0 rings (SSSR count). The van der Waals surface area contributed by atoms with Crippen molar-refractivity contribution < 1.29 is 0 Å². The molecule has 0 heterocycles. The SMILES string of the molecule is C.C.C.C.C=CC.C=CC.C=CC.C=CC.CC. The van der Waals surface area contributed by atoms with Crippen LogP contribution in [0.1, 0.15) is 71.2 Å². The van der Waals surface area contributed by atoms with Gasteiger partial charge in [-0.2, -0.15) is 0 Å². The minimum atomic E-state index is 0. The van der Waals surface area contributed by atoms with Crippen molar-refractivity contribution in [2.75, 3.05) is 0 Å². The summed E-state index contributed by atoms with van der Waals surface area (Å²) in [4.78, 5) is 0. The minimum absolute atomic E-state index is 0. The van der Waals surface area contributed by atoms with Crippen LogP contribution >= 0.6 is 0 Å². The molecular weight excluding hydrogens is 216 g/mol. The fourth-order valence-corrected chi connectivity index (χ4v) is 0. The summed E-state index contributed by atoms with van der Waals surface area (Å²) in [7, 11) is 0. The second-order valence-corrected chi connectivity index (χ2v) is 1.63. The summed E-state index contributed by atoms with van der Waals surface area (Å²) in [5.74, 6) is 0. The van der Waals surface area contributed by atoms with Gasteiger partial charge in [0, 0.05) is 0 Å². The topological polar surface area (TPSA) is 0 Å². The molecule has 0 aliphatic heterocycles. The molecule has 0 atom stereocenters. The molecule has 0 saturated heterocycles. The molecule has 0 saturated carbocycles. The summed E-state index contributed by atoms with van der Waals surface area (Å²) in [6, 6.07) is 0. The molecule has 0 radical (unpaired) electrons. The molecule has 0 nitrogen and oxygen atoms in total. The molecule has 0 aromatic carbocycles. The average molecular weight is 263 g/mol. The summed E-state index contributed by atoms with van der Waals surface area (Å²) in [6.45, 7) is 25.0. The van der Waals surface area contributed by atoms with E-state index in [1.54, 1.807) is 24.3 Å². The zero-order valence-electron chi connectivity index (χ0n) is 11.1. The van der Waals surface area contributed by atoms with Crippen LogP contribution in [0.2, 0.25) is 0 Å². The molecule has 0 aromatic heterocycles. The summed E-state index contributed by atoms with van der Waals surface area (Å²) < 4.78 is 0. The van der Waals surface area contributed by atoms with Crippen LogP contribution in [0, 0.1) is 0 Å². The Morgan fingerprint density at radius 2 is 0.444 bits per heavy atom. The third-order valence-electron chi connectivity index (χ3n) is 0. The molecule has 0 heteroatoms. The predicted octanol–water partition coefficient (Wildman–Crippen LogP) is 8.34. The van der Waals surface area contributed by atoms with E-state index in [1.807, 2.05) is 41.5 Å². The van der Waals surface area contributed by atoms with E-state index >= 15 is 0 Å². The van der Waals surface area contributed by atoms with Crippen molar-refractivity contribution in [3.63, 3.8) is 0 Å². The van der Waals surface area contributed by atoms with Gasteiger partial charge < -0.3 is 0 Å². The van der Waals surface area contributed by atoms with Crippen molar-refractivity contribution >= 4 is 0 Å². The van der Waals surface area contributed by atoms with Crippen molar-refractivity contribution in [1.82, 2.24) is 0 Å². The standard InChI is InChI=1S/4C3H6.C2H6.4CH4/c4*1-3-2;1-2;;;;/h4*3H,1H2,2H3;1-2H3;4*1H4. The Morgan fingerprint density at radius 3 is 0.444 bits per heavy atom. The van der Waals surface area contributed by atoms with Crippen LogP contribution in [0.15, 0.2) is 50.6 Å². The van der Waals surface area contributed by atoms with Gasteiger partial charge in [0.15, 0.2) is 0 Å². The van der Waals surface area contributed by atoms with E-state index in [0.717, 1.165) is 0 Å². The quantitative estimate of drug-likeness (QED) is 0.385. The lowest BCUT2D eigenvalue weighted by atomic mass is 10.8. The normalized spacial score (nSPS) is 3.22. The van der Waals surface area contributed by atoms with Crippen LogP contribution in [-0.4, -0.2) is 0 Å². The van der Waals surface area contributed by atoms with Crippen LogP contribution in [0.25, 0.3) is 0 Å².